The van der Waals surface area contributed by atoms with Crippen molar-refractivity contribution in [2.75, 3.05) is 59.5 Å². The van der Waals surface area contributed by atoms with Crippen LogP contribution in [0.15, 0.2) is 24.3 Å². The number of carbonyl (C=O) groups excluding carboxylic acids is 2. The van der Waals surface area contributed by atoms with Crippen LogP contribution in [0.3, 0.4) is 0 Å². The predicted molar refractivity (Wildman–Crippen MR) is 339 cm³/mol. The van der Waals surface area contributed by atoms with Gasteiger partial charge in [0.15, 0.2) is 11.5 Å². The van der Waals surface area contributed by atoms with Crippen LogP contribution in [0.4, 0.5) is 0 Å². The van der Waals surface area contributed by atoms with Gasteiger partial charge in [-0.25, -0.2) is 9.59 Å². The average molecular weight is 1130 g/mol. The van der Waals surface area contributed by atoms with Crippen LogP contribution in [0.5, 0.6) is 17.2 Å². The Balaban J connectivity index is 2.81. The van der Waals surface area contributed by atoms with Gasteiger partial charge in [0.2, 0.25) is 5.75 Å². The van der Waals surface area contributed by atoms with Crippen LogP contribution >= 0.6 is 0 Å². The highest BCUT2D eigenvalue weighted by molar-refractivity contribution is 5.91. The van der Waals surface area contributed by atoms with Crippen molar-refractivity contribution in [2.45, 2.75) is 336 Å². The molecule has 9 heteroatoms. The second-order valence-electron chi connectivity index (χ2n) is 23.5. The maximum absolute atomic E-state index is 13.7. The summed E-state index contributed by atoms with van der Waals surface area (Å²) in [6, 6.07) is 3.57. The van der Waals surface area contributed by atoms with E-state index in [0.29, 0.717) is 61.4 Å². The lowest BCUT2D eigenvalue weighted by Crippen LogP contribution is -2.15. The molecule has 80 heavy (non-hydrogen) atoms. The molecular formula is C71H130O9. The van der Waals surface area contributed by atoms with Crippen molar-refractivity contribution in [3.05, 3.63) is 29.8 Å². The van der Waals surface area contributed by atoms with E-state index in [0.717, 1.165) is 38.5 Å². The molecule has 0 saturated carbocycles. The summed E-state index contributed by atoms with van der Waals surface area (Å²) in [5.74, 6) is 0.839. The Morgan fingerprint density at radius 3 is 0.825 bits per heavy atom. The van der Waals surface area contributed by atoms with E-state index in [9.17, 15) is 9.59 Å². The van der Waals surface area contributed by atoms with Crippen LogP contribution in [0, 0.1) is 0 Å². The minimum Gasteiger partial charge on any atom is -0.490 e. The predicted octanol–water partition coefficient (Wildman–Crippen LogP) is 21.9. The number of hydrogen-bond donors (Lipinski definition) is 0. The minimum atomic E-state index is -0.451. The topological polar surface area (TPSA) is 98.8 Å². The highest BCUT2D eigenvalue weighted by Gasteiger charge is 2.20. The summed E-state index contributed by atoms with van der Waals surface area (Å²) in [4.78, 5) is 25.2. The minimum absolute atomic E-state index is 0.0946. The standard InChI is InChI=1S/C71H130O9/c1-6-9-12-15-18-21-24-27-30-33-36-39-42-45-48-51-54-76-67-63-66(71(73)80-62-60-75-58-57-74-59-61-79-70(72)65(4)5)64-68(77-55-52-49-46-43-40-37-34-31-28-25-22-19-16-13-10-7-2)69(67)78-56-53-50-47-44-41-38-35-32-29-26-23-20-17-14-11-8-3/h63-64H,4,6-62H2,1-3,5H3. The summed E-state index contributed by atoms with van der Waals surface area (Å²) in [5, 5.41) is 0. The summed E-state index contributed by atoms with van der Waals surface area (Å²) in [7, 11) is 0. The lowest BCUT2D eigenvalue weighted by atomic mass is 10.0. The second-order valence-corrected chi connectivity index (χ2v) is 23.5. The molecule has 0 radical (unpaired) electrons. The van der Waals surface area contributed by atoms with Gasteiger partial charge in [-0.15, -0.1) is 0 Å². The SMILES string of the molecule is C=C(C)C(=O)OCCOCCOCCOC(=O)c1cc(OCCCCCCCCCCCCCCCCCC)c(OCCCCCCCCCCCCCCCCCC)c(OCCCCCCCCCCCCCCCCCC)c1. The summed E-state index contributed by atoms with van der Waals surface area (Å²) in [5.41, 5.74) is 0.743. The van der Waals surface area contributed by atoms with Crippen LogP contribution in [0.25, 0.3) is 0 Å². The number of benzene rings is 1. The molecular weight excluding hydrogens is 997 g/mol. The van der Waals surface area contributed by atoms with E-state index >= 15 is 0 Å². The molecule has 0 aliphatic carbocycles. The first-order chi connectivity index (χ1) is 39.4. The molecule has 1 rings (SSSR count). The number of ether oxygens (including phenoxy) is 7. The van der Waals surface area contributed by atoms with E-state index in [1.165, 1.54) is 270 Å². The Morgan fingerprint density at radius 1 is 0.312 bits per heavy atom. The molecule has 0 amide bonds. The monoisotopic (exact) mass is 1130 g/mol. The number of esters is 2. The van der Waals surface area contributed by atoms with E-state index in [2.05, 4.69) is 27.4 Å². The van der Waals surface area contributed by atoms with Crippen molar-refractivity contribution in [1.82, 2.24) is 0 Å². The zero-order valence-corrected chi connectivity index (χ0v) is 53.3. The van der Waals surface area contributed by atoms with Crippen LogP contribution < -0.4 is 14.2 Å². The van der Waals surface area contributed by atoms with Gasteiger partial charge in [-0.05, 0) is 38.3 Å². The molecule has 9 nitrogen and oxygen atoms in total. The molecule has 0 aliphatic rings. The molecule has 1 aromatic rings. The van der Waals surface area contributed by atoms with Gasteiger partial charge in [0.05, 0.1) is 51.8 Å². The molecule has 0 unspecified atom stereocenters. The Labute approximate surface area is 495 Å². The van der Waals surface area contributed by atoms with E-state index in [1.807, 2.05) is 0 Å². The quantitative estimate of drug-likeness (QED) is 0.0359. The fourth-order valence-corrected chi connectivity index (χ4v) is 10.5. The summed E-state index contributed by atoms with van der Waals surface area (Å²) >= 11 is 0. The Hall–Kier alpha value is -2.78. The van der Waals surface area contributed by atoms with Gasteiger partial charge < -0.3 is 33.2 Å². The molecule has 0 N–H and O–H groups in total. The van der Waals surface area contributed by atoms with E-state index in [4.69, 9.17) is 33.2 Å². The van der Waals surface area contributed by atoms with Gasteiger partial charge in [-0.3, -0.25) is 0 Å². The van der Waals surface area contributed by atoms with Crippen LogP contribution in [0.1, 0.15) is 346 Å². The third-order valence-electron chi connectivity index (χ3n) is 15.7. The molecule has 0 aromatic heterocycles. The van der Waals surface area contributed by atoms with Crippen molar-refractivity contribution in [1.29, 1.82) is 0 Å². The first-order valence-electron chi connectivity index (χ1n) is 34.7. The molecule has 1 aromatic carbocycles. The fourth-order valence-electron chi connectivity index (χ4n) is 10.5. The van der Waals surface area contributed by atoms with Crippen LogP contribution in [0.2, 0.25) is 0 Å². The normalized spacial score (nSPS) is 11.3. The highest BCUT2D eigenvalue weighted by Crippen LogP contribution is 2.40. The fraction of sp³-hybridized carbons (Fsp3) is 0.859. The summed E-state index contributed by atoms with van der Waals surface area (Å²) < 4.78 is 41.7. The number of unbranched alkanes of at least 4 members (excludes halogenated alkanes) is 45. The third-order valence-corrected chi connectivity index (χ3v) is 15.7. The van der Waals surface area contributed by atoms with Crippen molar-refractivity contribution < 1.29 is 42.7 Å². The van der Waals surface area contributed by atoms with Crippen molar-refractivity contribution in [3.63, 3.8) is 0 Å². The Morgan fingerprint density at radius 2 is 0.550 bits per heavy atom. The summed E-state index contributed by atoms with van der Waals surface area (Å²) in [6.07, 6.45) is 63.5. The van der Waals surface area contributed by atoms with Crippen LogP contribution in [-0.2, 0) is 23.7 Å². The first-order valence-corrected chi connectivity index (χ1v) is 34.7. The molecule has 0 saturated heterocycles. The molecule has 0 aliphatic heterocycles. The second kappa shape index (κ2) is 60.8. The largest absolute Gasteiger partial charge is 0.490 e. The van der Waals surface area contributed by atoms with Gasteiger partial charge in [0, 0.05) is 5.57 Å². The number of rotatable bonds is 65. The maximum Gasteiger partial charge on any atom is 0.338 e. The van der Waals surface area contributed by atoms with Crippen molar-refractivity contribution in [2.24, 2.45) is 0 Å². The first kappa shape index (κ1) is 75.2. The van der Waals surface area contributed by atoms with E-state index in [1.54, 1.807) is 19.1 Å². The van der Waals surface area contributed by atoms with Gasteiger partial charge in [0.1, 0.15) is 13.2 Å². The third kappa shape index (κ3) is 49.8. The molecule has 0 spiro atoms. The van der Waals surface area contributed by atoms with Gasteiger partial charge >= 0.3 is 11.9 Å². The molecule has 0 heterocycles. The average Bonchev–Trinajstić information content (AvgIpc) is 3.47. The summed E-state index contributed by atoms with van der Waals surface area (Å²) in [6.45, 7) is 15.2. The van der Waals surface area contributed by atoms with Crippen molar-refractivity contribution >= 4 is 11.9 Å². The molecule has 0 atom stereocenters. The van der Waals surface area contributed by atoms with Crippen molar-refractivity contribution in [3.8, 4) is 17.2 Å². The van der Waals surface area contributed by atoms with Crippen LogP contribution in [-0.4, -0.2) is 71.4 Å². The van der Waals surface area contributed by atoms with Gasteiger partial charge in [0.25, 0.3) is 0 Å². The van der Waals surface area contributed by atoms with E-state index < -0.39 is 11.9 Å². The molecule has 0 bridgehead atoms. The van der Waals surface area contributed by atoms with Gasteiger partial charge in [-0.2, -0.15) is 0 Å². The number of hydrogen-bond acceptors (Lipinski definition) is 9. The highest BCUT2D eigenvalue weighted by atomic mass is 16.6. The Bertz CT molecular complexity index is 1440. The molecule has 468 valence electrons. The lowest BCUT2D eigenvalue weighted by Gasteiger charge is -2.19. The lowest BCUT2D eigenvalue weighted by molar-refractivity contribution is -0.140. The Kier molecular flexibility index (Phi) is 57.2. The molecule has 0 fully saturated rings. The maximum atomic E-state index is 13.7. The number of carbonyl (C=O) groups is 2. The zero-order chi connectivity index (χ0) is 57.7. The van der Waals surface area contributed by atoms with E-state index in [-0.39, 0.29) is 26.4 Å². The van der Waals surface area contributed by atoms with Gasteiger partial charge in [-0.1, -0.05) is 316 Å². The smallest absolute Gasteiger partial charge is 0.338 e. The zero-order valence-electron chi connectivity index (χ0n) is 53.3.